The van der Waals surface area contributed by atoms with Crippen molar-refractivity contribution >= 4 is 0 Å². The monoisotopic (exact) mass is 247 g/mol. The maximum atomic E-state index is 5.46. The Hall–Kier alpha value is -0.860. The first kappa shape index (κ1) is 13.6. The van der Waals surface area contributed by atoms with Crippen molar-refractivity contribution in [1.29, 1.82) is 0 Å². The van der Waals surface area contributed by atoms with E-state index in [1.54, 1.807) is 0 Å². The number of benzene rings is 1. The van der Waals surface area contributed by atoms with Crippen LogP contribution in [0.1, 0.15) is 37.5 Å². The van der Waals surface area contributed by atoms with Gasteiger partial charge in [0.1, 0.15) is 0 Å². The quantitative estimate of drug-likeness (QED) is 0.887. The second-order valence-electron chi connectivity index (χ2n) is 6.58. The van der Waals surface area contributed by atoms with E-state index in [2.05, 4.69) is 51.2 Å². The van der Waals surface area contributed by atoms with E-state index in [4.69, 9.17) is 4.74 Å². The van der Waals surface area contributed by atoms with Gasteiger partial charge in [0.15, 0.2) is 0 Å². The molecule has 2 heteroatoms. The molecule has 1 aliphatic heterocycles. The highest BCUT2D eigenvalue weighted by molar-refractivity contribution is 5.40. The molecule has 0 atom stereocenters. The first-order valence-electron chi connectivity index (χ1n) is 6.73. The van der Waals surface area contributed by atoms with Gasteiger partial charge in [0.05, 0.1) is 18.6 Å². The van der Waals surface area contributed by atoms with Crippen molar-refractivity contribution in [1.82, 2.24) is 5.32 Å². The van der Waals surface area contributed by atoms with Crippen molar-refractivity contribution < 1.29 is 4.74 Å². The number of rotatable bonds is 3. The highest BCUT2D eigenvalue weighted by Gasteiger charge is 2.40. The number of ether oxygens (including phenoxy) is 1. The topological polar surface area (TPSA) is 21.3 Å². The number of hydrogen-bond donors (Lipinski definition) is 1. The summed E-state index contributed by atoms with van der Waals surface area (Å²) in [4.78, 5) is 0. The molecule has 1 aromatic rings. The molecule has 18 heavy (non-hydrogen) atoms. The molecule has 1 fully saturated rings. The van der Waals surface area contributed by atoms with Crippen molar-refractivity contribution in [3.8, 4) is 0 Å². The highest BCUT2D eigenvalue weighted by atomic mass is 16.5. The van der Waals surface area contributed by atoms with Gasteiger partial charge in [0, 0.05) is 6.54 Å². The Kier molecular flexibility index (Phi) is 3.52. The molecular formula is C16H25NO. The fourth-order valence-electron chi connectivity index (χ4n) is 2.76. The summed E-state index contributed by atoms with van der Waals surface area (Å²) in [6, 6.07) is 6.92. The van der Waals surface area contributed by atoms with E-state index in [1.807, 2.05) is 7.05 Å². The van der Waals surface area contributed by atoms with Gasteiger partial charge in [-0.3, -0.25) is 0 Å². The third-order valence-electron chi connectivity index (χ3n) is 3.94. The molecule has 1 aromatic carbocycles. The first-order valence-corrected chi connectivity index (χ1v) is 6.73. The minimum atomic E-state index is 0.190. The molecule has 1 aliphatic rings. The van der Waals surface area contributed by atoms with E-state index in [0.717, 1.165) is 19.8 Å². The predicted octanol–water partition coefficient (Wildman–Crippen LogP) is 2.78. The normalized spacial score (nSPS) is 18.5. The van der Waals surface area contributed by atoms with Crippen LogP contribution in [-0.4, -0.2) is 26.8 Å². The lowest BCUT2D eigenvalue weighted by molar-refractivity contribution is -0.0585. The minimum absolute atomic E-state index is 0.190. The Morgan fingerprint density at radius 1 is 1.28 bits per heavy atom. The van der Waals surface area contributed by atoms with Gasteiger partial charge in [0.2, 0.25) is 0 Å². The average molecular weight is 247 g/mol. The molecule has 1 saturated heterocycles. The van der Waals surface area contributed by atoms with E-state index in [-0.39, 0.29) is 10.8 Å². The standard InChI is InChI=1S/C16H25NO/c1-12-8-13(15(2,3)4)6-7-14(12)16(9-17-5)10-18-11-16/h6-8,17H,9-11H2,1-5H3. The van der Waals surface area contributed by atoms with Crippen molar-refractivity contribution in [3.05, 3.63) is 34.9 Å². The van der Waals surface area contributed by atoms with Crippen LogP contribution in [0.5, 0.6) is 0 Å². The molecule has 1 heterocycles. The Morgan fingerprint density at radius 2 is 1.94 bits per heavy atom. The van der Waals surface area contributed by atoms with Crippen LogP contribution < -0.4 is 5.32 Å². The van der Waals surface area contributed by atoms with Crippen LogP contribution in [0.3, 0.4) is 0 Å². The summed E-state index contributed by atoms with van der Waals surface area (Å²) in [6.07, 6.45) is 0. The molecule has 0 aromatic heterocycles. The molecular weight excluding hydrogens is 222 g/mol. The predicted molar refractivity (Wildman–Crippen MR) is 76.3 cm³/mol. The van der Waals surface area contributed by atoms with E-state index >= 15 is 0 Å². The number of hydrogen-bond acceptors (Lipinski definition) is 2. The number of likely N-dealkylation sites (N-methyl/N-ethyl adjacent to an activating group) is 1. The molecule has 100 valence electrons. The summed E-state index contributed by atoms with van der Waals surface area (Å²) >= 11 is 0. The van der Waals surface area contributed by atoms with Crippen LogP contribution in [0, 0.1) is 6.92 Å². The molecule has 0 saturated carbocycles. The zero-order valence-corrected chi connectivity index (χ0v) is 12.3. The third-order valence-corrected chi connectivity index (χ3v) is 3.94. The van der Waals surface area contributed by atoms with E-state index in [1.165, 1.54) is 16.7 Å². The van der Waals surface area contributed by atoms with Gasteiger partial charge in [0.25, 0.3) is 0 Å². The van der Waals surface area contributed by atoms with Gasteiger partial charge in [-0.1, -0.05) is 39.0 Å². The summed E-state index contributed by atoms with van der Waals surface area (Å²) in [5.41, 5.74) is 4.64. The maximum absolute atomic E-state index is 5.46. The summed E-state index contributed by atoms with van der Waals surface area (Å²) < 4.78 is 5.46. The fraction of sp³-hybridized carbons (Fsp3) is 0.625. The number of nitrogens with one attached hydrogen (secondary N) is 1. The van der Waals surface area contributed by atoms with Crippen molar-refractivity contribution in [2.45, 2.75) is 38.5 Å². The van der Waals surface area contributed by atoms with Gasteiger partial charge in [-0.15, -0.1) is 0 Å². The van der Waals surface area contributed by atoms with Crippen molar-refractivity contribution in [2.75, 3.05) is 26.8 Å². The summed E-state index contributed by atoms with van der Waals surface area (Å²) in [7, 11) is 2.01. The molecule has 0 radical (unpaired) electrons. The lowest BCUT2D eigenvalue weighted by Gasteiger charge is -2.43. The SMILES string of the molecule is CNCC1(c2ccc(C(C)(C)C)cc2C)COC1. The van der Waals surface area contributed by atoms with E-state index < -0.39 is 0 Å². The lowest BCUT2D eigenvalue weighted by Crippen LogP contribution is -2.53. The van der Waals surface area contributed by atoms with Gasteiger partial charge >= 0.3 is 0 Å². The van der Waals surface area contributed by atoms with Gasteiger partial charge in [-0.25, -0.2) is 0 Å². The Bertz CT molecular complexity index is 427. The second kappa shape index (κ2) is 4.67. The smallest absolute Gasteiger partial charge is 0.0598 e. The van der Waals surface area contributed by atoms with Crippen LogP contribution in [0.15, 0.2) is 18.2 Å². The Morgan fingerprint density at radius 3 is 2.33 bits per heavy atom. The van der Waals surface area contributed by atoms with Gasteiger partial charge in [-0.2, -0.15) is 0 Å². The van der Waals surface area contributed by atoms with Crippen LogP contribution in [-0.2, 0) is 15.6 Å². The zero-order chi connectivity index (χ0) is 13.4. The van der Waals surface area contributed by atoms with E-state index in [0.29, 0.717) is 0 Å². The third kappa shape index (κ3) is 2.32. The molecule has 0 unspecified atom stereocenters. The van der Waals surface area contributed by atoms with E-state index in [9.17, 15) is 0 Å². The minimum Gasteiger partial charge on any atom is -0.379 e. The van der Waals surface area contributed by atoms with Gasteiger partial charge in [-0.05, 0) is 36.1 Å². The average Bonchev–Trinajstić information content (AvgIpc) is 2.22. The first-order chi connectivity index (χ1) is 8.39. The van der Waals surface area contributed by atoms with Crippen LogP contribution >= 0.6 is 0 Å². The molecule has 2 rings (SSSR count). The summed E-state index contributed by atoms with van der Waals surface area (Å²) in [5.74, 6) is 0. The Labute approximate surface area is 111 Å². The molecule has 0 amide bonds. The summed E-state index contributed by atoms with van der Waals surface area (Å²) in [6.45, 7) is 11.7. The second-order valence-corrected chi connectivity index (χ2v) is 6.58. The van der Waals surface area contributed by atoms with Crippen molar-refractivity contribution in [3.63, 3.8) is 0 Å². The largest absolute Gasteiger partial charge is 0.379 e. The molecule has 1 N–H and O–H groups in total. The molecule has 0 aliphatic carbocycles. The Balaban J connectivity index is 2.35. The fourth-order valence-corrected chi connectivity index (χ4v) is 2.76. The number of aryl methyl sites for hydroxylation is 1. The highest BCUT2D eigenvalue weighted by Crippen LogP contribution is 2.35. The van der Waals surface area contributed by atoms with Crippen LogP contribution in [0.25, 0.3) is 0 Å². The van der Waals surface area contributed by atoms with Crippen LogP contribution in [0.2, 0.25) is 0 Å². The van der Waals surface area contributed by atoms with Crippen LogP contribution in [0.4, 0.5) is 0 Å². The molecule has 2 nitrogen and oxygen atoms in total. The maximum Gasteiger partial charge on any atom is 0.0598 e. The molecule has 0 bridgehead atoms. The molecule has 0 spiro atoms. The lowest BCUT2D eigenvalue weighted by atomic mass is 9.74. The van der Waals surface area contributed by atoms with Gasteiger partial charge < -0.3 is 10.1 Å². The summed E-state index contributed by atoms with van der Waals surface area (Å²) in [5, 5.41) is 3.30. The zero-order valence-electron chi connectivity index (χ0n) is 12.3. The van der Waals surface area contributed by atoms with Crippen molar-refractivity contribution in [2.24, 2.45) is 0 Å².